The fraction of sp³-hybridized carbons (Fsp3) is 0.350. The zero-order chi connectivity index (χ0) is 18.7. The van der Waals surface area contributed by atoms with Crippen LogP contribution in [0, 0.1) is 11.6 Å². The highest BCUT2D eigenvalue weighted by Crippen LogP contribution is 2.26. The fourth-order valence-corrected chi connectivity index (χ4v) is 3.36. The molecule has 1 unspecified atom stereocenters. The number of benzene rings is 2. The Morgan fingerprint density at radius 3 is 2.48 bits per heavy atom. The summed E-state index contributed by atoms with van der Waals surface area (Å²) in [6.45, 7) is 0.147. The third-order valence-electron chi connectivity index (χ3n) is 4.76. The first-order chi connectivity index (χ1) is 12.5. The zero-order valence-electron chi connectivity index (χ0n) is 15.5. The molecule has 146 valence electrons. The molecular formula is C20H25F2IN4. The Balaban J connectivity index is 0.00000261. The SMILES string of the molecule is CN(C)C(CN=C(N)Nc1ccc2c(c1)CCC2)c1c(F)cccc1F.I. The molecule has 2 aromatic carbocycles. The number of likely N-dealkylation sites (N-methyl/N-ethyl adjacent to an activating group) is 1. The van der Waals surface area contributed by atoms with Gasteiger partial charge in [0.2, 0.25) is 0 Å². The van der Waals surface area contributed by atoms with Crippen molar-refractivity contribution in [1.29, 1.82) is 0 Å². The van der Waals surface area contributed by atoms with E-state index in [2.05, 4.69) is 22.4 Å². The summed E-state index contributed by atoms with van der Waals surface area (Å²) in [6, 6.07) is 9.49. The highest BCUT2D eigenvalue weighted by atomic mass is 127. The number of anilines is 1. The van der Waals surface area contributed by atoms with E-state index in [0.717, 1.165) is 18.5 Å². The van der Waals surface area contributed by atoms with Crippen molar-refractivity contribution >= 4 is 35.6 Å². The average molecular weight is 486 g/mol. The molecule has 0 amide bonds. The van der Waals surface area contributed by atoms with Crippen LogP contribution < -0.4 is 11.1 Å². The quantitative estimate of drug-likeness (QED) is 0.380. The van der Waals surface area contributed by atoms with Crippen LogP contribution in [0.1, 0.15) is 29.2 Å². The van der Waals surface area contributed by atoms with Crippen molar-refractivity contribution in [2.24, 2.45) is 10.7 Å². The van der Waals surface area contributed by atoms with Crippen LogP contribution in [0.5, 0.6) is 0 Å². The van der Waals surface area contributed by atoms with E-state index in [1.807, 2.05) is 6.07 Å². The Bertz CT molecular complexity index is 803. The number of fused-ring (bicyclic) bond motifs is 1. The molecule has 1 atom stereocenters. The fourth-order valence-electron chi connectivity index (χ4n) is 3.36. The van der Waals surface area contributed by atoms with Gasteiger partial charge in [-0.3, -0.25) is 4.99 Å². The standard InChI is InChI=1S/C20H24F2N4.HI/c1-26(2)18(19-16(21)7-4-8-17(19)22)12-24-20(23)25-15-10-9-13-5-3-6-14(13)11-15;/h4,7-11,18H,3,5-6,12H2,1-2H3,(H3,23,24,25);1H. The normalized spacial score (nSPS) is 14.6. The largest absolute Gasteiger partial charge is 0.370 e. The number of rotatable bonds is 5. The number of hydrogen-bond donors (Lipinski definition) is 2. The van der Waals surface area contributed by atoms with Gasteiger partial charge < -0.3 is 16.0 Å². The summed E-state index contributed by atoms with van der Waals surface area (Å²) in [6.07, 6.45) is 3.39. The topological polar surface area (TPSA) is 53.6 Å². The second-order valence-corrected chi connectivity index (χ2v) is 6.80. The van der Waals surface area contributed by atoms with Crippen LogP contribution >= 0.6 is 24.0 Å². The smallest absolute Gasteiger partial charge is 0.193 e. The molecule has 0 aromatic heterocycles. The third-order valence-corrected chi connectivity index (χ3v) is 4.76. The van der Waals surface area contributed by atoms with Crippen LogP contribution in [0.3, 0.4) is 0 Å². The number of halogens is 3. The summed E-state index contributed by atoms with van der Waals surface area (Å²) in [7, 11) is 3.52. The van der Waals surface area contributed by atoms with E-state index in [4.69, 9.17) is 5.73 Å². The highest BCUT2D eigenvalue weighted by Gasteiger charge is 2.22. The van der Waals surface area contributed by atoms with Gasteiger partial charge >= 0.3 is 0 Å². The number of nitrogens with zero attached hydrogens (tertiary/aromatic N) is 2. The summed E-state index contributed by atoms with van der Waals surface area (Å²) in [4.78, 5) is 6.03. The van der Waals surface area contributed by atoms with Gasteiger partial charge in [-0.2, -0.15) is 0 Å². The van der Waals surface area contributed by atoms with E-state index < -0.39 is 17.7 Å². The molecular weight excluding hydrogens is 461 g/mol. The lowest BCUT2D eigenvalue weighted by atomic mass is 10.0. The van der Waals surface area contributed by atoms with Gasteiger partial charge in [0.25, 0.3) is 0 Å². The van der Waals surface area contributed by atoms with Gasteiger partial charge in [0, 0.05) is 11.3 Å². The van der Waals surface area contributed by atoms with Crippen molar-refractivity contribution in [2.45, 2.75) is 25.3 Å². The van der Waals surface area contributed by atoms with Gasteiger partial charge in [0.1, 0.15) is 11.6 Å². The van der Waals surface area contributed by atoms with Gasteiger partial charge in [0.15, 0.2) is 5.96 Å². The highest BCUT2D eigenvalue weighted by molar-refractivity contribution is 14.0. The lowest BCUT2D eigenvalue weighted by molar-refractivity contribution is 0.290. The Hall–Kier alpha value is -1.74. The summed E-state index contributed by atoms with van der Waals surface area (Å²) < 4.78 is 28.2. The van der Waals surface area contributed by atoms with Gasteiger partial charge in [0.05, 0.1) is 12.6 Å². The first kappa shape index (κ1) is 21.6. The molecule has 7 heteroatoms. The van der Waals surface area contributed by atoms with Crippen molar-refractivity contribution in [3.63, 3.8) is 0 Å². The lowest BCUT2D eigenvalue weighted by Crippen LogP contribution is -2.28. The molecule has 0 aliphatic heterocycles. The molecule has 0 bridgehead atoms. The van der Waals surface area contributed by atoms with Crippen LogP contribution in [0.4, 0.5) is 14.5 Å². The minimum absolute atomic E-state index is 0. The lowest BCUT2D eigenvalue weighted by Gasteiger charge is -2.24. The van der Waals surface area contributed by atoms with E-state index in [9.17, 15) is 8.78 Å². The van der Waals surface area contributed by atoms with Crippen LogP contribution in [0.2, 0.25) is 0 Å². The number of nitrogens with one attached hydrogen (secondary N) is 1. The first-order valence-corrected chi connectivity index (χ1v) is 8.75. The predicted octanol–water partition coefficient (Wildman–Crippen LogP) is 4.10. The molecule has 4 nitrogen and oxygen atoms in total. The second-order valence-electron chi connectivity index (χ2n) is 6.80. The van der Waals surface area contributed by atoms with E-state index in [0.29, 0.717) is 0 Å². The summed E-state index contributed by atoms with van der Waals surface area (Å²) in [5.41, 5.74) is 9.59. The van der Waals surface area contributed by atoms with E-state index in [1.54, 1.807) is 19.0 Å². The van der Waals surface area contributed by atoms with Gasteiger partial charge in [-0.05, 0) is 68.8 Å². The van der Waals surface area contributed by atoms with Gasteiger partial charge in [-0.1, -0.05) is 12.1 Å². The molecule has 2 aromatic rings. The van der Waals surface area contributed by atoms with Crippen molar-refractivity contribution < 1.29 is 8.78 Å². The molecule has 1 aliphatic carbocycles. The number of aliphatic imine (C=N–C) groups is 1. The molecule has 0 radical (unpaired) electrons. The number of nitrogens with two attached hydrogens (primary N) is 1. The van der Waals surface area contributed by atoms with Crippen LogP contribution in [0.25, 0.3) is 0 Å². The minimum Gasteiger partial charge on any atom is -0.370 e. The molecule has 0 saturated heterocycles. The Kier molecular flexibility index (Phi) is 7.55. The molecule has 1 aliphatic rings. The Morgan fingerprint density at radius 1 is 1.15 bits per heavy atom. The molecule has 0 fully saturated rings. The van der Waals surface area contributed by atoms with Crippen molar-refractivity contribution in [3.05, 3.63) is 64.7 Å². The zero-order valence-corrected chi connectivity index (χ0v) is 17.8. The maximum absolute atomic E-state index is 14.1. The first-order valence-electron chi connectivity index (χ1n) is 8.75. The van der Waals surface area contributed by atoms with Crippen LogP contribution in [-0.4, -0.2) is 31.5 Å². The molecule has 0 saturated carbocycles. The van der Waals surface area contributed by atoms with Gasteiger partial charge in [-0.25, -0.2) is 8.78 Å². The predicted molar refractivity (Wildman–Crippen MR) is 117 cm³/mol. The van der Waals surface area contributed by atoms with Crippen LogP contribution in [-0.2, 0) is 12.8 Å². The monoisotopic (exact) mass is 486 g/mol. The molecule has 3 N–H and O–H groups in total. The van der Waals surface area contributed by atoms with Crippen molar-refractivity contribution in [3.8, 4) is 0 Å². The third kappa shape index (κ3) is 5.16. The Morgan fingerprint density at radius 2 is 1.81 bits per heavy atom. The average Bonchev–Trinajstić information content (AvgIpc) is 3.04. The number of guanidine groups is 1. The van der Waals surface area contributed by atoms with E-state index in [-0.39, 0.29) is 42.0 Å². The summed E-state index contributed by atoms with van der Waals surface area (Å²) in [5.74, 6) is -0.931. The van der Waals surface area contributed by atoms with Crippen molar-refractivity contribution in [1.82, 2.24) is 4.90 Å². The summed E-state index contributed by atoms with van der Waals surface area (Å²) in [5, 5.41) is 3.07. The van der Waals surface area contributed by atoms with Crippen molar-refractivity contribution in [2.75, 3.05) is 26.0 Å². The van der Waals surface area contributed by atoms with E-state index >= 15 is 0 Å². The number of aryl methyl sites for hydroxylation is 2. The number of hydrogen-bond acceptors (Lipinski definition) is 2. The molecule has 3 rings (SSSR count). The molecule has 27 heavy (non-hydrogen) atoms. The molecule has 0 heterocycles. The second kappa shape index (κ2) is 9.45. The maximum atomic E-state index is 14.1. The Labute approximate surface area is 175 Å². The van der Waals surface area contributed by atoms with Gasteiger partial charge in [-0.15, -0.1) is 24.0 Å². The minimum atomic E-state index is -0.580. The van der Waals surface area contributed by atoms with E-state index in [1.165, 1.54) is 35.7 Å². The van der Waals surface area contributed by atoms with Crippen LogP contribution in [0.15, 0.2) is 41.4 Å². The summed E-state index contributed by atoms with van der Waals surface area (Å²) >= 11 is 0. The molecule has 0 spiro atoms. The maximum Gasteiger partial charge on any atom is 0.193 e.